The number of rotatable bonds is 7. The number of ether oxygens (including phenoxy) is 2. The molecule has 2 amide bonds. The summed E-state index contributed by atoms with van der Waals surface area (Å²) < 4.78 is 12.4. The van der Waals surface area contributed by atoms with Gasteiger partial charge in [-0.25, -0.2) is 4.79 Å². The van der Waals surface area contributed by atoms with Gasteiger partial charge in [0.1, 0.15) is 12.3 Å². The number of hydrazine groups is 1. The molecule has 0 fully saturated rings. The average Bonchev–Trinajstić information content (AvgIpc) is 2.98. The molecular formula is C22H29N3O5. The Balaban J connectivity index is 1.93. The van der Waals surface area contributed by atoms with Crippen molar-refractivity contribution in [2.24, 2.45) is 0 Å². The lowest BCUT2D eigenvalue weighted by molar-refractivity contribution is -0.133. The highest BCUT2D eigenvalue weighted by Crippen LogP contribution is 2.21. The van der Waals surface area contributed by atoms with Gasteiger partial charge in [-0.05, 0) is 64.8 Å². The third-order valence-corrected chi connectivity index (χ3v) is 4.92. The van der Waals surface area contributed by atoms with E-state index in [1.165, 1.54) is 0 Å². The summed E-state index contributed by atoms with van der Waals surface area (Å²) in [7, 11) is 0. The SMILES string of the molecule is CCOC(=O)c1cc(C)n(CC(=O)NNC(=O)[C@@H](C)Oc2cccc(C)c2C)c1C. The van der Waals surface area contributed by atoms with Crippen molar-refractivity contribution in [2.75, 3.05) is 6.61 Å². The largest absolute Gasteiger partial charge is 0.481 e. The summed E-state index contributed by atoms with van der Waals surface area (Å²) >= 11 is 0. The lowest BCUT2D eigenvalue weighted by atomic mass is 10.1. The quantitative estimate of drug-likeness (QED) is 0.535. The van der Waals surface area contributed by atoms with E-state index in [-0.39, 0.29) is 13.2 Å². The molecule has 2 rings (SSSR count). The minimum absolute atomic E-state index is 0.0520. The lowest BCUT2D eigenvalue weighted by Gasteiger charge is -2.17. The summed E-state index contributed by atoms with van der Waals surface area (Å²) in [4.78, 5) is 36.6. The van der Waals surface area contributed by atoms with Gasteiger partial charge in [0, 0.05) is 11.4 Å². The van der Waals surface area contributed by atoms with E-state index in [9.17, 15) is 14.4 Å². The number of hydrogen-bond acceptors (Lipinski definition) is 5. The molecule has 2 aromatic rings. The van der Waals surface area contributed by atoms with Crippen molar-refractivity contribution in [1.29, 1.82) is 0 Å². The standard InChI is InChI=1S/C22H29N3O5/c1-7-29-22(28)18-11-14(3)25(16(18)5)12-20(26)23-24-21(27)17(6)30-19-10-8-9-13(2)15(19)4/h8-11,17H,7,12H2,1-6H3,(H,23,26)(H,24,27)/t17-/m1/s1. The van der Waals surface area contributed by atoms with Gasteiger partial charge in [-0.1, -0.05) is 12.1 Å². The van der Waals surface area contributed by atoms with Crippen LogP contribution in [0.3, 0.4) is 0 Å². The van der Waals surface area contributed by atoms with Gasteiger partial charge >= 0.3 is 5.97 Å². The van der Waals surface area contributed by atoms with Crippen LogP contribution in [0.2, 0.25) is 0 Å². The van der Waals surface area contributed by atoms with Crippen LogP contribution in [-0.2, 0) is 20.9 Å². The molecule has 1 atom stereocenters. The first-order valence-electron chi connectivity index (χ1n) is 9.81. The lowest BCUT2D eigenvalue weighted by Crippen LogP contribution is -2.48. The number of aryl methyl sites for hydroxylation is 2. The van der Waals surface area contributed by atoms with Crippen LogP contribution < -0.4 is 15.6 Å². The van der Waals surface area contributed by atoms with Gasteiger partial charge in [0.25, 0.3) is 11.8 Å². The van der Waals surface area contributed by atoms with E-state index in [0.717, 1.165) is 16.8 Å². The molecule has 8 heteroatoms. The first kappa shape index (κ1) is 23.0. The van der Waals surface area contributed by atoms with E-state index in [2.05, 4.69) is 10.9 Å². The van der Waals surface area contributed by atoms with Crippen LogP contribution in [0.4, 0.5) is 0 Å². The highest BCUT2D eigenvalue weighted by atomic mass is 16.5. The Bertz CT molecular complexity index is 948. The molecule has 0 saturated heterocycles. The van der Waals surface area contributed by atoms with Gasteiger partial charge in [-0.15, -0.1) is 0 Å². The zero-order valence-electron chi connectivity index (χ0n) is 18.3. The van der Waals surface area contributed by atoms with E-state index >= 15 is 0 Å². The fourth-order valence-electron chi connectivity index (χ4n) is 2.97. The topological polar surface area (TPSA) is 98.7 Å². The van der Waals surface area contributed by atoms with Crippen LogP contribution in [0.1, 0.15) is 46.7 Å². The van der Waals surface area contributed by atoms with Gasteiger partial charge in [-0.2, -0.15) is 0 Å². The number of carbonyl (C=O) groups excluding carboxylic acids is 3. The second-order valence-corrected chi connectivity index (χ2v) is 7.09. The van der Waals surface area contributed by atoms with E-state index in [4.69, 9.17) is 9.47 Å². The van der Waals surface area contributed by atoms with Gasteiger partial charge in [-0.3, -0.25) is 20.4 Å². The van der Waals surface area contributed by atoms with Crippen molar-refractivity contribution in [2.45, 2.75) is 54.2 Å². The van der Waals surface area contributed by atoms with Crippen molar-refractivity contribution in [3.05, 3.63) is 52.3 Å². The molecule has 0 spiro atoms. The van der Waals surface area contributed by atoms with Crippen LogP contribution in [0.5, 0.6) is 5.75 Å². The molecule has 0 unspecified atom stereocenters. The summed E-state index contributed by atoms with van der Waals surface area (Å²) in [6.45, 7) is 11.0. The van der Waals surface area contributed by atoms with Gasteiger partial charge in [0.05, 0.1) is 12.2 Å². The molecule has 2 N–H and O–H groups in total. The first-order valence-corrected chi connectivity index (χ1v) is 9.81. The molecular weight excluding hydrogens is 386 g/mol. The maximum atomic E-state index is 12.3. The number of amides is 2. The second kappa shape index (κ2) is 9.96. The van der Waals surface area contributed by atoms with E-state index in [1.807, 2.05) is 26.0 Å². The van der Waals surface area contributed by atoms with Crippen molar-refractivity contribution in [3.8, 4) is 5.75 Å². The fourth-order valence-corrected chi connectivity index (χ4v) is 2.97. The molecule has 0 aliphatic carbocycles. The summed E-state index contributed by atoms with van der Waals surface area (Å²) in [6.07, 6.45) is -0.795. The van der Waals surface area contributed by atoms with Crippen LogP contribution >= 0.6 is 0 Å². The van der Waals surface area contributed by atoms with Gasteiger partial charge in [0.15, 0.2) is 6.10 Å². The molecule has 0 aliphatic heterocycles. The smallest absolute Gasteiger partial charge is 0.339 e. The Morgan fingerprint density at radius 1 is 1.10 bits per heavy atom. The van der Waals surface area contributed by atoms with Crippen LogP contribution in [0, 0.1) is 27.7 Å². The fraction of sp³-hybridized carbons (Fsp3) is 0.409. The summed E-state index contributed by atoms with van der Waals surface area (Å²) in [5, 5.41) is 0. The Morgan fingerprint density at radius 3 is 2.47 bits per heavy atom. The first-order chi connectivity index (χ1) is 14.1. The molecule has 0 aliphatic rings. The van der Waals surface area contributed by atoms with Crippen LogP contribution in [0.25, 0.3) is 0 Å². The Morgan fingerprint density at radius 2 is 1.80 bits per heavy atom. The maximum Gasteiger partial charge on any atom is 0.339 e. The predicted molar refractivity (Wildman–Crippen MR) is 112 cm³/mol. The number of aromatic nitrogens is 1. The van der Waals surface area contributed by atoms with Crippen molar-refractivity contribution >= 4 is 17.8 Å². The molecule has 0 radical (unpaired) electrons. The monoisotopic (exact) mass is 415 g/mol. The minimum atomic E-state index is -0.795. The van der Waals surface area contributed by atoms with Gasteiger partial charge < -0.3 is 14.0 Å². The number of benzene rings is 1. The van der Waals surface area contributed by atoms with E-state index < -0.39 is 23.9 Å². The molecule has 162 valence electrons. The normalized spacial score (nSPS) is 11.5. The van der Waals surface area contributed by atoms with E-state index in [1.54, 1.807) is 44.4 Å². The van der Waals surface area contributed by atoms with E-state index in [0.29, 0.717) is 17.0 Å². The number of nitrogens with zero attached hydrogens (tertiary/aromatic N) is 1. The summed E-state index contributed by atoms with van der Waals surface area (Å²) in [5.74, 6) is -0.714. The zero-order chi connectivity index (χ0) is 22.4. The molecule has 1 aromatic heterocycles. The Hall–Kier alpha value is -3.29. The molecule has 30 heavy (non-hydrogen) atoms. The summed E-state index contributed by atoms with van der Waals surface area (Å²) in [5.41, 5.74) is 8.56. The second-order valence-electron chi connectivity index (χ2n) is 7.09. The van der Waals surface area contributed by atoms with Gasteiger partial charge in [0.2, 0.25) is 0 Å². The third kappa shape index (κ3) is 5.40. The molecule has 0 bridgehead atoms. The molecule has 1 heterocycles. The number of carbonyl (C=O) groups is 3. The van der Waals surface area contributed by atoms with Crippen molar-refractivity contribution in [3.63, 3.8) is 0 Å². The maximum absolute atomic E-state index is 12.3. The molecule has 0 saturated carbocycles. The minimum Gasteiger partial charge on any atom is -0.481 e. The van der Waals surface area contributed by atoms with Crippen LogP contribution in [0.15, 0.2) is 24.3 Å². The number of nitrogens with one attached hydrogen (secondary N) is 2. The number of esters is 1. The number of hydrogen-bond donors (Lipinski definition) is 2. The van der Waals surface area contributed by atoms with Crippen LogP contribution in [-0.4, -0.2) is 35.1 Å². The Kier molecular flexibility index (Phi) is 7.63. The highest BCUT2D eigenvalue weighted by Gasteiger charge is 2.20. The Labute approximate surface area is 176 Å². The summed E-state index contributed by atoms with van der Waals surface area (Å²) in [6, 6.07) is 7.30. The molecule has 8 nitrogen and oxygen atoms in total. The van der Waals surface area contributed by atoms with Crippen molar-refractivity contribution < 1.29 is 23.9 Å². The molecule has 1 aromatic carbocycles. The predicted octanol–water partition coefficient (Wildman–Crippen LogP) is 2.51. The average molecular weight is 415 g/mol. The van der Waals surface area contributed by atoms with Crippen molar-refractivity contribution in [1.82, 2.24) is 15.4 Å². The third-order valence-electron chi connectivity index (χ3n) is 4.92. The highest BCUT2D eigenvalue weighted by molar-refractivity contribution is 5.91. The zero-order valence-corrected chi connectivity index (χ0v) is 18.3.